The highest BCUT2D eigenvalue weighted by atomic mass is 15.2. The molecule has 0 spiro atoms. The standard InChI is InChI=1S/C66H35B2N/c1-4-22-42-36(16-1)39-19-7-10-25-45(39)58-48(42)32-33-53-62(58)63-60-47-27-12-9-21-41(47)38-18-3-6-24-44(38)51(60)35-57-65(63)68(53)55-31-15-30-54-66(55)69(57)56-34-50-43-23-5-2-17-37(43)40-20-8-11-26-46(40)59(50)61-49-28-13-14-29-52(49)67(54)64(56)61/h1-35H. The average molecular weight is 864 g/mol. The molecule has 0 bridgehead atoms. The summed E-state index contributed by atoms with van der Waals surface area (Å²) in [7, 11) is 0. The van der Waals surface area contributed by atoms with Gasteiger partial charge in [-0.2, -0.15) is 0 Å². The molecular weight excluding hydrogens is 828 g/mol. The molecule has 1 nitrogen and oxygen atoms in total. The van der Waals surface area contributed by atoms with E-state index in [1.165, 1.54) is 169 Å². The third-order valence-electron chi connectivity index (χ3n) is 17.1. The molecular formula is C66H35B2N. The molecule has 0 fully saturated rings. The number of anilines is 3. The maximum atomic E-state index is 2.76. The lowest BCUT2D eigenvalue weighted by atomic mass is 9.32. The maximum Gasteiger partial charge on any atom is 0.248 e. The van der Waals surface area contributed by atoms with Crippen LogP contribution in [-0.4, -0.2) is 13.4 Å². The summed E-state index contributed by atoms with van der Waals surface area (Å²) in [5.74, 6) is 0. The van der Waals surface area contributed by atoms with Crippen molar-refractivity contribution in [1.29, 1.82) is 0 Å². The molecule has 0 N–H and O–H groups in total. The summed E-state index contributed by atoms with van der Waals surface area (Å²) >= 11 is 0. The van der Waals surface area contributed by atoms with Crippen LogP contribution in [0.5, 0.6) is 0 Å². The zero-order chi connectivity index (χ0) is 44.4. The largest absolute Gasteiger partial charge is 0.312 e. The summed E-state index contributed by atoms with van der Waals surface area (Å²) in [4.78, 5) is 2.76. The van der Waals surface area contributed by atoms with Crippen molar-refractivity contribution < 1.29 is 0 Å². The van der Waals surface area contributed by atoms with E-state index in [9.17, 15) is 0 Å². The Bertz CT molecular complexity index is 4780. The molecule has 0 saturated carbocycles. The Balaban J connectivity index is 1.09. The van der Waals surface area contributed by atoms with Gasteiger partial charge in [-0.15, -0.1) is 0 Å². The van der Waals surface area contributed by atoms with Gasteiger partial charge in [0.1, 0.15) is 0 Å². The molecule has 69 heavy (non-hydrogen) atoms. The summed E-state index contributed by atoms with van der Waals surface area (Å²) < 4.78 is 0. The van der Waals surface area contributed by atoms with Crippen LogP contribution in [0.4, 0.5) is 17.1 Å². The van der Waals surface area contributed by atoms with E-state index in [1.54, 1.807) is 0 Å². The van der Waals surface area contributed by atoms with Crippen LogP contribution >= 0.6 is 0 Å². The van der Waals surface area contributed by atoms with Crippen molar-refractivity contribution >= 4 is 160 Å². The van der Waals surface area contributed by atoms with Crippen molar-refractivity contribution in [2.75, 3.05) is 4.90 Å². The van der Waals surface area contributed by atoms with Gasteiger partial charge in [0.2, 0.25) is 13.4 Å². The van der Waals surface area contributed by atoms with E-state index >= 15 is 0 Å². The fourth-order valence-electron chi connectivity index (χ4n) is 14.8. The topological polar surface area (TPSA) is 3.24 Å². The summed E-state index contributed by atoms with van der Waals surface area (Å²) in [6, 6.07) is 81.7. The molecule has 0 unspecified atom stereocenters. The fourth-order valence-corrected chi connectivity index (χ4v) is 14.8. The van der Waals surface area contributed by atoms with Crippen LogP contribution in [-0.2, 0) is 0 Å². The minimum Gasteiger partial charge on any atom is -0.312 e. The third kappa shape index (κ3) is 4.06. The summed E-state index contributed by atoms with van der Waals surface area (Å²) in [6.07, 6.45) is 0. The van der Waals surface area contributed by atoms with E-state index in [1.807, 2.05) is 0 Å². The molecule has 4 aliphatic rings. The van der Waals surface area contributed by atoms with Gasteiger partial charge in [0.15, 0.2) is 0 Å². The predicted molar refractivity (Wildman–Crippen MR) is 299 cm³/mol. The number of rotatable bonds is 0. The van der Waals surface area contributed by atoms with E-state index in [4.69, 9.17) is 0 Å². The molecule has 0 saturated heterocycles. The van der Waals surface area contributed by atoms with Gasteiger partial charge in [-0.25, -0.2) is 0 Å². The third-order valence-corrected chi connectivity index (χ3v) is 17.1. The molecule has 14 aromatic rings. The number of hydrogen-bond acceptors (Lipinski definition) is 1. The molecule has 0 radical (unpaired) electrons. The molecule has 0 aromatic heterocycles. The van der Waals surface area contributed by atoms with Gasteiger partial charge >= 0.3 is 0 Å². The Morgan fingerprint density at radius 2 is 0.594 bits per heavy atom. The first-order chi connectivity index (χ1) is 34.3. The van der Waals surface area contributed by atoms with Crippen LogP contribution in [0.15, 0.2) is 212 Å². The zero-order valence-electron chi connectivity index (χ0n) is 37.3. The minimum atomic E-state index is 0.0448. The summed E-state index contributed by atoms with van der Waals surface area (Å²) in [5, 5.41) is 23.8. The highest BCUT2D eigenvalue weighted by Crippen LogP contribution is 2.53. The maximum absolute atomic E-state index is 2.76. The molecule has 0 atom stereocenters. The molecule has 0 amide bonds. The van der Waals surface area contributed by atoms with Gasteiger partial charge in [-0.1, -0.05) is 211 Å². The van der Waals surface area contributed by atoms with E-state index in [-0.39, 0.29) is 13.4 Å². The van der Waals surface area contributed by atoms with Crippen molar-refractivity contribution in [2.24, 2.45) is 0 Å². The normalized spacial score (nSPS) is 13.7. The summed E-state index contributed by atoms with van der Waals surface area (Å²) in [6.45, 7) is 0.148. The van der Waals surface area contributed by atoms with Crippen molar-refractivity contribution in [2.45, 2.75) is 0 Å². The lowest BCUT2D eigenvalue weighted by molar-refractivity contribution is 1.32. The highest BCUT2D eigenvalue weighted by Gasteiger charge is 2.51. The van der Waals surface area contributed by atoms with E-state index in [0.717, 1.165) is 0 Å². The Labute approximate surface area is 397 Å². The SMILES string of the molecule is c1ccc2c(c1)B1c3cccc4c3N(c3cc5c6ccccc6c6ccccc6c5c-2c31)c1cc2c3ccccc3c3ccccc3c2c2c1B4c1ccc3c4ccccc4c4ccccc4c3c1-2. The molecule has 310 valence electrons. The van der Waals surface area contributed by atoms with Crippen LogP contribution in [0, 0.1) is 0 Å². The van der Waals surface area contributed by atoms with Crippen LogP contribution in [0.1, 0.15) is 0 Å². The number of nitrogens with zero attached hydrogens (tertiary/aromatic N) is 1. The first kappa shape index (κ1) is 35.5. The lowest BCUT2D eigenvalue weighted by Gasteiger charge is -2.43. The number of para-hydroxylation sites is 1. The first-order valence-corrected chi connectivity index (χ1v) is 24.5. The second-order valence-electron chi connectivity index (χ2n) is 20.0. The van der Waals surface area contributed by atoms with Crippen LogP contribution < -0.4 is 37.7 Å². The zero-order valence-corrected chi connectivity index (χ0v) is 37.3. The van der Waals surface area contributed by atoms with Gasteiger partial charge in [0, 0.05) is 17.1 Å². The Morgan fingerprint density at radius 1 is 0.246 bits per heavy atom. The fraction of sp³-hybridized carbons (Fsp3) is 0. The quantitative estimate of drug-likeness (QED) is 0.108. The van der Waals surface area contributed by atoms with Crippen LogP contribution in [0.3, 0.4) is 0 Å². The molecule has 3 heteroatoms. The molecule has 4 heterocycles. The molecule has 18 rings (SSSR count). The number of benzene rings is 14. The number of hydrogen-bond donors (Lipinski definition) is 0. The average Bonchev–Trinajstić information content (AvgIpc) is 3.96. The lowest BCUT2D eigenvalue weighted by Crippen LogP contribution is -2.62. The van der Waals surface area contributed by atoms with Gasteiger partial charge in [-0.3, -0.25) is 0 Å². The van der Waals surface area contributed by atoms with Gasteiger partial charge in [0.05, 0.1) is 0 Å². The van der Waals surface area contributed by atoms with Gasteiger partial charge in [-0.05, 0) is 153 Å². The Kier molecular flexibility index (Phi) is 6.32. The van der Waals surface area contributed by atoms with Crippen molar-refractivity contribution in [3.63, 3.8) is 0 Å². The van der Waals surface area contributed by atoms with E-state index < -0.39 is 0 Å². The smallest absolute Gasteiger partial charge is 0.248 e. The summed E-state index contributed by atoms with van der Waals surface area (Å²) in [5.41, 5.74) is 18.0. The second-order valence-corrected chi connectivity index (χ2v) is 20.0. The Morgan fingerprint density at radius 3 is 1.10 bits per heavy atom. The molecule has 0 aliphatic carbocycles. The Hall–Kier alpha value is -8.65. The van der Waals surface area contributed by atoms with Crippen LogP contribution in [0.25, 0.3) is 119 Å². The predicted octanol–water partition coefficient (Wildman–Crippen LogP) is 13.2. The molecule has 4 aliphatic heterocycles. The van der Waals surface area contributed by atoms with Crippen molar-refractivity contribution in [3.05, 3.63) is 212 Å². The van der Waals surface area contributed by atoms with Gasteiger partial charge < -0.3 is 4.90 Å². The first-order valence-electron chi connectivity index (χ1n) is 24.5. The highest BCUT2D eigenvalue weighted by molar-refractivity contribution is 7.06. The van der Waals surface area contributed by atoms with E-state index in [2.05, 4.69) is 217 Å². The van der Waals surface area contributed by atoms with E-state index in [0.29, 0.717) is 0 Å². The molecule has 14 aromatic carbocycles. The minimum absolute atomic E-state index is 0.0448. The van der Waals surface area contributed by atoms with Crippen molar-refractivity contribution in [1.82, 2.24) is 0 Å². The second kappa shape index (κ2) is 12.3. The van der Waals surface area contributed by atoms with Crippen molar-refractivity contribution in [3.8, 4) is 22.3 Å². The monoisotopic (exact) mass is 863 g/mol. The number of fused-ring (bicyclic) bond motifs is 31. The van der Waals surface area contributed by atoms with Crippen LogP contribution in [0.2, 0.25) is 0 Å². The van der Waals surface area contributed by atoms with Gasteiger partial charge in [0.25, 0.3) is 0 Å².